The van der Waals surface area contributed by atoms with E-state index in [1.54, 1.807) is 30.3 Å². The third-order valence-corrected chi connectivity index (χ3v) is 5.80. The number of ether oxygens (including phenoxy) is 1. The predicted octanol–water partition coefficient (Wildman–Crippen LogP) is 4.72. The van der Waals surface area contributed by atoms with Gasteiger partial charge in [0.25, 0.3) is 10.0 Å². The molecule has 0 aliphatic heterocycles. The van der Waals surface area contributed by atoms with E-state index < -0.39 is 10.0 Å². The summed E-state index contributed by atoms with van der Waals surface area (Å²) in [4.78, 5) is -0.0472. The molecule has 0 aliphatic carbocycles. The van der Waals surface area contributed by atoms with E-state index in [0.29, 0.717) is 27.2 Å². The molecule has 0 atom stereocenters. The Hall–Kier alpha value is -2.98. The van der Waals surface area contributed by atoms with Crippen LogP contribution in [-0.2, 0) is 10.0 Å². The van der Waals surface area contributed by atoms with Crippen LogP contribution in [0.25, 0.3) is 11.0 Å². The molecule has 1 heterocycles. The lowest BCUT2D eigenvalue weighted by Crippen LogP contribution is -2.13. The van der Waals surface area contributed by atoms with E-state index in [4.69, 9.17) is 4.74 Å². The third-order valence-electron chi connectivity index (χ3n) is 3.76. The first-order valence-corrected chi connectivity index (χ1v) is 10.2. The largest absolute Gasteiger partial charge is 0.456 e. The van der Waals surface area contributed by atoms with Gasteiger partial charge in [0, 0.05) is 0 Å². The maximum absolute atomic E-state index is 13.0. The lowest BCUT2D eigenvalue weighted by Gasteiger charge is -2.11. The monoisotopic (exact) mass is 463 g/mol. The third kappa shape index (κ3) is 3.69. The summed E-state index contributed by atoms with van der Waals surface area (Å²) in [6.45, 7) is 0. The van der Waals surface area contributed by atoms with E-state index in [1.165, 1.54) is 30.3 Å². The minimum atomic E-state index is -3.92. The standard InChI is InChI=1S/C18H11BrFN3O4S/c19-14-10-12(6-9-16(14)26-13-7-4-11(20)5-8-13)23-28(24,25)17-3-1-2-15-18(17)22-27-21-15/h1-10,23H. The number of anilines is 1. The fourth-order valence-corrected chi connectivity index (χ4v) is 4.15. The van der Waals surface area contributed by atoms with Crippen LogP contribution in [-0.4, -0.2) is 18.7 Å². The molecule has 3 aromatic carbocycles. The van der Waals surface area contributed by atoms with Gasteiger partial charge < -0.3 is 4.74 Å². The highest BCUT2D eigenvalue weighted by Gasteiger charge is 2.21. The van der Waals surface area contributed by atoms with Gasteiger partial charge >= 0.3 is 0 Å². The molecule has 0 fully saturated rings. The molecule has 0 aliphatic rings. The fourth-order valence-electron chi connectivity index (χ4n) is 2.49. The Morgan fingerprint density at radius 2 is 1.82 bits per heavy atom. The van der Waals surface area contributed by atoms with Crippen LogP contribution < -0.4 is 9.46 Å². The molecular formula is C18H11BrFN3O4S. The summed E-state index contributed by atoms with van der Waals surface area (Å²) in [5.74, 6) is 0.520. The van der Waals surface area contributed by atoms with Gasteiger partial charge in [0.05, 0.1) is 10.2 Å². The molecule has 10 heteroatoms. The fraction of sp³-hybridized carbons (Fsp3) is 0. The quantitative estimate of drug-likeness (QED) is 0.460. The first kappa shape index (κ1) is 18.4. The molecule has 4 aromatic rings. The van der Waals surface area contributed by atoms with Crippen LogP contribution in [0.5, 0.6) is 11.5 Å². The molecule has 28 heavy (non-hydrogen) atoms. The van der Waals surface area contributed by atoms with Crippen molar-refractivity contribution in [1.82, 2.24) is 10.3 Å². The normalized spacial score (nSPS) is 11.5. The summed E-state index contributed by atoms with van der Waals surface area (Å²) in [6, 6.07) is 14.8. The van der Waals surface area contributed by atoms with Crippen molar-refractivity contribution in [2.45, 2.75) is 4.90 Å². The Morgan fingerprint density at radius 1 is 1.04 bits per heavy atom. The van der Waals surface area contributed by atoms with Gasteiger partial charge in [-0.2, -0.15) is 0 Å². The molecule has 142 valence electrons. The van der Waals surface area contributed by atoms with Gasteiger partial charge in [-0.15, -0.1) is 0 Å². The number of benzene rings is 3. The molecule has 4 rings (SSSR count). The topological polar surface area (TPSA) is 94.3 Å². The number of hydrogen-bond acceptors (Lipinski definition) is 6. The van der Waals surface area contributed by atoms with Crippen molar-refractivity contribution < 1.29 is 22.2 Å². The van der Waals surface area contributed by atoms with Crippen molar-refractivity contribution in [1.29, 1.82) is 0 Å². The second kappa shape index (κ2) is 7.21. The van der Waals surface area contributed by atoms with Crippen LogP contribution in [0.15, 0.2) is 74.7 Å². The summed E-state index contributed by atoms with van der Waals surface area (Å²) in [5, 5.41) is 7.30. The summed E-state index contributed by atoms with van der Waals surface area (Å²) in [5.41, 5.74) is 0.796. The van der Waals surface area contributed by atoms with Gasteiger partial charge in [-0.25, -0.2) is 17.4 Å². The molecule has 0 saturated carbocycles. The number of nitrogens with one attached hydrogen (secondary N) is 1. The average Bonchev–Trinajstić information content (AvgIpc) is 3.14. The maximum Gasteiger partial charge on any atom is 0.264 e. The van der Waals surface area contributed by atoms with Crippen molar-refractivity contribution in [2.24, 2.45) is 0 Å². The molecule has 0 unspecified atom stereocenters. The number of halogens is 2. The van der Waals surface area contributed by atoms with Gasteiger partial charge in [-0.3, -0.25) is 4.72 Å². The van der Waals surface area contributed by atoms with Gasteiger partial charge in [0.2, 0.25) is 0 Å². The number of aromatic nitrogens is 2. The van der Waals surface area contributed by atoms with Gasteiger partial charge in [0.15, 0.2) is 5.52 Å². The van der Waals surface area contributed by atoms with E-state index in [2.05, 4.69) is 35.6 Å². The Kier molecular flexibility index (Phi) is 4.73. The Balaban J connectivity index is 1.59. The predicted molar refractivity (Wildman–Crippen MR) is 103 cm³/mol. The molecule has 1 N–H and O–H groups in total. The summed E-state index contributed by atoms with van der Waals surface area (Å²) < 4.78 is 51.7. The lowest BCUT2D eigenvalue weighted by atomic mass is 10.3. The molecule has 7 nitrogen and oxygen atoms in total. The Bertz CT molecular complexity index is 1260. The summed E-state index contributed by atoms with van der Waals surface area (Å²) >= 11 is 3.35. The molecule has 0 amide bonds. The highest BCUT2D eigenvalue weighted by Crippen LogP contribution is 2.33. The number of fused-ring (bicyclic) bond motifs is 1. The van der Waals surface area contributed by atoms with Crippen LogP contribution in [0.4, 0.5) is 10.1 Å². The van der Waals surface area contributed by atoms with E-state index in [0.717, 1.165) is 0 Å². The molecule has 0 spiro atoms. The van der Waals surface area contributed by atoms with E-state index in [-0.39, 0.29) is 16.2 Å². The van der Waals surface area contributed by atoms with Crippen molar-refractivity contribution in [2.75, 3.05) is 4.72 Å². The zero-order valence-corrected chi connectivity index (χ0v) is 16.4. The highest BCUT2D eigenvalue weighted by atomic mass is 79.9. The van der Waals surface area contributed by atoms with Gasteiger partial charge in [-0.1, -0.05) is 6.07 Å². The zero-order chi connectivity index (χ0) is 19.7. The molecule has 0 radical (unpaired) electrons. The van der Waals surface area contributed by atoms with E-state index in [1.807, 2.05) is 0 Å². The van der Waals surface area contributed by atoms with E-state index >= 15 is 0 Å². The number of sulfonamides is 1. The van der Waals surface area contributed by atoms with Crippen molar-refractivity contribution in [3.8, 4) is 11.5 Å². The van der Waals surface area contributed by atoms with Crippen LogP contribution in [0.2, 0.25) is 0 Å². The number of hydrogen-bond donors (Lipinski definition) is 1. The summed E-state index contributed by atoms with van der Waals surface area (Å²) in [6.07, 6.45) is 0. The molecule has 0 saturated heterocycles. The SMILES string of the molecule is O=S(=O)(Nc1ccc(Oc2ccc(F)cc2)c(Br)c1)c1cccc2nonc12. The van der Waals surface area contributed by atoms with Crippen molar-refractivity contribution >= 4 is 42.7 Å². The lowest BCUT2D eigenvalue weighted by molar-refractivity contribution is 0.315. The zero-order valence-electron chi connectivity index (χ0n) is 14.0. The average molecular weight is 464 g/mol. The molecular weight excluding hydrogens is 453 g/mol. The Labute approximate surface area is 167 Å². The second-order valence-electron chi connectivity index (χ2n) is 5.69. The first-order chi connectivity index (χ1) is 13.4. The smallest absolute Gasteiger partial charge is 0.264 e. The van der Waals surface area contributed by atoms with Crippen LogP contribution in [0.3, 0.4) is 0 Å². The van der Waals surface area contributed by atoms with E-state index in [9.17, 15) is 12.8 Å². The molecule has 0 bridgehead atoms. The minimum absolute atomic E-state index is 0.0472. The van der Waals surface area contributed by atoms with Crippen LogP contribution in [0.1, 0.15) is 0 Å². The van der Waals surface area contributed by atoms with Crippen molar-refractivity contribution in [3.05, 3.63) is 71.0 Å². The van der Waals surface area contributed by atoms with Crippen LogP contribution in [0, 0.1) is 5.82 Å². The number of nitrogens with zero attached hydrogens (tertiary/aromatic N) is 2. The van der Waals surface area contributed by atoms with Crippen LogP contribution >= 0.6 is 15.9 Å². The highest BCUT2D eigenvalue weighted by molar-refractivity contribution is 9.10. The minimum Gasteiger partial charge on any atom is -0.456 e. The summed E-state index contributed by atoms with van der Waals surface area (Å²) in [7, 11) is -3.92. The number of rotatable bonds is 5. The Morgan fingerprint density at radius 3 is 2.57 bits per heavy atom. The second-order valence-corrected chi connectivity index (χ2v) is 8.20. The first-order valence-electron chi connectivity index (χ1n) is 7.89. The van der Waals surface area contributed by atoms with Crippen molar-refractivity contribution in [3.63, 3.8) is 0 Å². The van der Waals surface area contributed by atoms with Gasteiger partial charge in [0.1, 0.15) is 27.7 Å². The van der Waals surface area contributed by atoms with Gasteiger partial charge in [-0.05, 0) is 80.8 Å². The maximum atomic E-state index is 13.0. The molecule has 1 aromatic heterocycles.